The summed E-state index contributed by atoms with van der Waals surface area (Å²) in [5, 5.41) is 9.36. The van der Waals surface area contributed by atoms with E-state index in [0.717, 1.165) is 21.9 Å². The predicted octanol–water partition coefficient (Wildman–Crippen LogP) is 1.23. The third kappa shape index (κ3) is 4.30. The van der Waals surface area contributed by atoms with Crippen molar-refractivity contribution in [2.45, 2.75) is 25.8 Å². The number of nitrogens with one attached hydrogen (secondary N) is 2. The molecule has 2 N–H and O–H groups in total. The lowest BCUT2D eigenvalue weighted by atomic mass is 10.1. The van der Waals surface area contributed by atoms with Gasteiger partial charge >= 0.3 is 6.03 Å². The third-order valence-corrected chi connectivity index (χ3v) is 4.66. The minimum atomic E-state index is -0.867. The monoisotopic (exact) mass is 385 g/mol. The van der Waals surface area contributed by atoms with Crippen LogP contribution in [-0.4, -0.2) is 52.2 Å². The molecule has 2 aromatic rings. The van der Waals surface area contributed by atoms with Gasteiger partial charge in [-0.2, -0.15) is 5.10 Å². The summed E-state index contributed by atoms with van der Waals surface area (Å²) in [6, 6.07) is 7.81. The van der Waals surface area contributed by atoms with E-state index in [-0.39, 0.29) is 18.9 Å². The lowest BCUT2D eigenvalue weighted by molar-refractivity contribution is -0.129. The smallest absolute Gasteiger partial charge is 0.324 e. The van der Waals surface area contributed by atoms with Gasteiger partial charge in [0.25, 0.3) is 5.91 Å². The van der Waals surface area contributed by atoms with E-state index in [1.165, 1.54) is 0 Å². The molecule has 0 saturated carbocycles. The van der Waals surface area contributed by atoms with Gasteiger partial charge in [0.2, 0.25) is 5.91 Å². The second-order valence-corrected chi connectivity index (χ2v) is 6.64. The second kappa shape index (κ2) is 8.12. The summed E-state index contributed by atoms with van der Waals surface area (Å²) in [7, 11) is 3.36. The molecular formula is C19H23N5O4. The zero-order valence-corrected chi connectivity index (χ0v) is 16.1. The number of hydrogen-bond donors (Lipinski definition) is 2. The van der Waals surface area contributed by atoms with Crippen molar-refractivity contribution >= 4 is 23.7 Å². The molecule has 1 fully saturated rings. The van der Waals surface area contributed by atoms with Gasteiger partial charge in [-0.1, -0.05) is 12.1 Å². The number of imide groups is 1. The van der Waals surface area contributed by atoms with Crippen molar-refractivity contribution in [3.63, 3.8) is 0 Å². The van der Waals surface area contributed by atoms with E-state index in [2.05, 4.69) is 15.7 Å². The highest BCUT2D eigenvalue weighted by molar-refractivity contribution is 6.06. The van der Waals surface area contributed by atoms with Crippen molar-refractivity contribution in [3.8, 4) is 5.75 Å². The average Bonchev–Trinajstić information content (AvgIpc) is 3.11. The first-order valence-corrected chi connectivity index (χ1v) is 8.92. The van der Waals surface area contributed by atoms with E-state index in [0.29, 0.717) is 12.2 Å². The van der Waals surface area contributed by atoms with Gasteiger partial charge in [-0.15, -0.1) is 0 Å². The number of carbonyl (C=O) groups is 3. The molecule has 2 heterocycles. The lowest BCUT2D eigenvalue weighted by Gasteiger charge is -2.13. The highest BCUT2D eigenvalue weighted by atomic mass is 16.5. The van der Waals surface area contributed by atoms with Crippen LogP contribution in [0.3, 0.4) is 0 Å². The number of aromatic nitrogens is 2. The van der Waals surface area contributed by atoms with Gasteiger partial charge in [0.1, 0.15) is 11.8 Å². The van der Waals surface area contributed by atoms with E-state index in [4.69, 9.17) is 4.74 Å². The summed E-state index contributed by atoms with van der Waals surface area (Å²) < 4.78 is 6.75. The van der Waals surface area contributed by atoms with Gasteiger partial charge in [0, 0.05) is 25.4 Å². The maximum Gasteiger partial charge on any atom is 0.324 e. The van der Waals surface area contributed by atoms with Crippen LogP contribution in [0.1, 0.15) is 17.7 Å². The van der Waals surface area contributed by atoms with Crippen LogP contribution in [-0.2, 0) is 23.1 Å². The Morgan fingerprint density at radius 1 is 1.29 bits per heavy atom. The molecule has 9 nitrogen and oxygen atoms in total. The van der Waals surface area contributed by atoms with E-state index in [9.17, 15) is 14.4 Å². The molecule has 0 unspecified atom stereocenters. The summed E-state index contributed by atoms with van der Waals surface area (Å²) in [5.74, 6) is 0.380. The molecule has 3 rings (SSSR count). The number of amides is 4. The Hall–Kier alpha value is -3.36. The molecule has 0 aliphatic carbocycles. The Morgan fingerprint density at radius 3 is 2.61 bits per heavy atom. The zero-order valence-electron chi connectivity index (χ0n) is 16.1. The first-order chi connectivity index (χ1) is 13.4. The number of benzene rings is 1. The number of rotatable bonds is 7. The van der Waals surface area contributed by atoms with Crippen molar-refractivity contribution in [2.75, 3.05) is 19.0 Å². The maximum absolute atomic E-state index is 12.5. The van der Waals surface area contributed by atoms with Gasteiger partial charge in [0.05, 0.1) is 13.5 Å². The number of carbonyl (C=O) groups excluding carboxylic acids is 3. The van der Waals surface area contributed by atoms with Crippen molar-refractivity contribution in [3.05, 3.63) is 41.6 Å². The molecule has 1 atom stereocenters. The highest BCUT2D eigenvalue weighted by Gasteiger charge is 2.38. The first-order valence-electron chi connectivity index (χ1n) is 8.92. The average molecular weight is 385 g/mol. The molecule has 28 heavy (non-hydrogen) atoms. The highest BCUT2D eigenvalue weighted by Crippen LogP contribution is 2.15. The Bertz CT molecular complexity index is 871. The molecule has 1 aliphatic heterocycles. The van der Waals surface area contributed by atoms with Crippen LogP contribution in [0.4, 0.5) is 10.6 Å². The summed E-state index contributed by atoms with van der Waals surface area (Å²) in [4.78, 5) is 38.0. The number of urea groups is 1. The van der Waals surface area contributed by atoms with Gasteiger partial charge in [0.15, 0.2) is 5.82 Å². The van der Waals surface area contributed by atoms with Gasteiger partial charge in [-0.25, -0.2) is 4.79 Å². The quantitative estimate of drug-likeness (QED) is 0.698. The molecule has 0 radical (unpaired) electrons. The summed E-state index contributed by atoms with van der Waals surface area (Å²) >= 11 is 0. The number of aryl methyl sites for hydroxylation is 2. The molecule has 0 spiro atoms. The van der Waals surface area contributed by atoms with Gasteiger partial charge in [-0.05, 0) is 31.0 Å². The van der Waals surface area contributed by atoms with Crippen LogP contribution in [0.2, 0.25) is 0 Å². The fourth-order valence-electron chi connectivity index (χ4n) is 2.96. The predicted molar refractivity (Wildman–Crippen MR) is 102 cm³/mol. The summed E-state index contributed by atoms with van der Waals surface area (Å²) in [5.41, 5.74) is 1.87. The number of methoxy groups -OCH3 is 1. The minimum absolute atomic E-state index is 0.140. The summed E-state index contributed by atoms with van der Waals surface area (Å²) in [6.07, 6.45) is 0.383. The topological polar surface area (TPSA) is 106 Å². The number of nitrogens with zero attached hydrogens (tertiary/aromatic N) is 3. The molecule has 1 aliphatic rings. The maximum atomic E-state index is 12.5. The SMILES string of the molecule is COc1ccc(CCN2C(=O)N[C@@H](CC(=O)Nc3cc(C)n(C)n3)C2=O)cc1. The molecule has 4 amide bonds. The lowest BCUT2D eigenvalue weighted by Crippen LogP contribution is -2.35. The van der Waals surface area contributed by atoms with Crippen molar-refractivity contribution < 1.29 is 19.1 Å². The number of hydrogen-bond acceptors (Lipinski definition) is 5. The largest absolute Gasteiger partial charge is 0.497 e. The van der Waals surface area contributed by atoms with Crippen LogP contribution in [0.5, 0.6) is 5.75 Å². The fourth-order valence-corrected chi connectivity index (χ4v) is 2.96. The minimum Gasteiger partial charge on any atom is -0.497 e. The normalized spacial score (nSPS) is 16.2. The summed E-state index contributed by atoms with van der Waals surface area (Å²) in [6.45, 7) is 2.11. The van der Waals surface area contributed by atoms with Crippen LogP contribution in [0, 0.1) is 6.92 Å². The molecule has 0 bridgehead atoms. The van der Waals surface area contributed by atoms with Crippen LogP contribution in [0.15, 0.2) is 30.3 Å². The van der Waals surface area contributed by atoms with Crippen molar-refractivity contribution in [2.24, 2.45) is 7.05 Å². The van der Waals surface area contributed by atoms with Gasteiger partial charge in [-0.3, -0.25) is 19.2 Å². The third-order valence-electron chi connectivity index (χ3n) is 4.66. The van der Waals surface area contributed by atoms with Crippen molar-refractivity contribution in [1.29, 1.82) is 0 Å². The van der Waals surface area contributed by atoms with E-state index in [1.54, 1.807) is 24.9 Å². The first kappa shape index (κ1) is 19.4. The van der Waals surface area contributed by atoms with Crippen LogP contribution in [0.25, 0.3) is 0 Å². The molecule has 1 saturated heterocycles. The molecular weight excluding hydrogens is 362 g/mol. The molecule has 1 aromatic carbocycles. The van der Waals surface area contributed by atoms with E-state index < -0.39 is 18.0 Å². The van der Waals surface area contributed by atoms with Crippen LogP contribution < -0.4 is 15.4 Å². The Kier molecular flexibility index (Phi) is 5.62. The van der Waals surface area contributed by atoms with E-state index >= 15 is 0 Å². The fraction of sp³-hybridized carbons (Fsp3) is 0.368. The standard InChI is InChI=1S/C19H23N5O4/c1-12-10-16(22-23(12)2)21-17(25)11-15-18(26)24(19(27)20-15)9-8-13-4-6-14(28-3)7-5-13/h4-7,10,15H,8-9,11H2,1-3H3,(H,20,27)(H,21,22,25)/t15-/m0/s1. The molecule has 148 valence electrons. The number of ether oxygens (including phenoxy) is 1. The zero-order chi connectivity index (χ0) is 20.3. The number of anilines is 1. The molecule has 1 aromatic heterocycles. The Balaban J connectivity index is 1.54. The Labute approximate surface area is 162 Å². The molecule has 9 heteroatoms. The van der Waals surface area contributed by atoms with E-state index in [1.807, 2.05) is 31.2 Å². The van der Waals surface area contributed by atoms with Gasteiger partial charge < -0.3 is 15.4 Å². The van der Waals surface area contributed by atoms with Crippen LogP contribution >= 0.6 is 0 Å². The second-order valence-electron chi connectivity index (χ2n) is 6.64. The van der Waals surface area contributed by atoms with Crippen molar-refractivity contribution in [1.82, 2.24) is 20.0 Å². The Morgan fingerprint density at radius 2 is 2.00 bits per heavy atom.